The largest absolute Gasteiger partial charge is 0.465 e. The van der Waals surface area contributed by atoms with Gasteiger partial charge in [-0.3, -0.25) is 0 Å². The highest BCUT2D eigenvalue weighted by molar-refractivity contribution is 5.65. The smallest absolute Gasteiger partial charge is 0.407 e. The Balaban J connectivity index is 2.13. The van der Waals surface area contributed by atoms with E-state index in [2.05, 4.69) is 5.32 Å². The Morgan fingerprint density at radius 1 is 1.65 bits per heavy atom. The number of nitrogens with zero attached hydrogens (tertiary/aromatic N) is 1. The van der Waals surface area contributed by atoms with E-state index in [0.29, 0.717) is 31.6 Å². The van der Waals surface area contributed by atoms with E-state index in [1.54, 1.807) is 12.1 Å². The van der Waals surface area contributed by atoms with Crippen LogP contribution >= 0.6 is 0 Å². The minimum Gasteiger partial charge on any atom is -0.465 e. The van der Waals surface area contributed by atoms with Crippen molar-refractivity contribution in [3.05, 3.63) is 30.1 Å². The van der Waals surface area contributed by atoms with E-state index >= 15 is 0 Å². The molecule has 20 heavy (non-hydrogen) atoms. The molecule has 0 radical (unpaired) electrons. The number of anilines is 1. The Kier molecular flexibility index (Phi) is 4.13. The van der Waals surface area contributed by atoms with Gasteiger partial charge in [-0.15, -0.1) is 0 Å². The van der Waals surface area contributed by atoms with Gasteiger partial charge < -0.3 is 21.1 Å². The van der Waals surface area contributed by atoms with Crippen LogP contribution < -0.4 is 11.1 Å². The second-order valence-corrected chi connectivity index (χ2v) is 5.40. The number of hydrogen-bond acceptors (Lipinski definition) is 3. The van der Waals surface area contributed by atoms with Crippen LogP contribution in [-0.4, -0.2) is 40.8 Å². The Hall–Kier alpha value is -1.82. The van der Waals surface area contributed by atoms with Crippen LogP contribution in [0.1, 0.15) is 19.8 Å². The van der Waals surface area contributed by atoms with E-state index in [1.807, 2.05) is 6.92 Å². The number of rotatable bonds is 3. The zero-order valence-electron chi connectivity index (χ0n) is 11.5. The lowest BCUT2D eigenvalue weighted by atomic mass is 9.83. The van der Waals surface area contributed by atoms with Gasteiger partial charge in [-0.2, -0.15) is 0 Å². The fraction of sp³-hybridized carbons (Fsp3) is 0.500. The first-order valence-corrected chi connectivity index (χ1v) is 6.69. The molecule has 2 rings (SSSR count). The molecule has 1 aromatic rings. The number of likely N-dealkylation sites (tertiary alicyclic amines) is 1. The van der Waals surface area contributed by atoms with Crippen molar-refractivity contribution in [2.75, 3.05) is 18.4 Å². The van der Waals surface area contributed by atoms with Crippen molar-refractivity contribution in [1.29, 1.82) is 0 Å². The van der Waals surface area contributed by atoms with Gasteiger partial charge in [0.25, 0.3) is 0 Å². The standard InChI is InChI=1S/C14H20FN3O2/c1-10-8-14(9-16,5-6-18(10)13(19)20)17-12-4-2-3-11(15)7-12/h2-4,7,10,17H,5-6,8-9,16H2,1H3,(H,19,20)/t10-,14?/m0/s1. The van der Waals surface area contributed by atoms with Crippen molar-refractivity contribution >= 4 is 11.8 Å². The van der Waals surface area contributed by atoms with E-state index in [4.69, 9.17) is 10.8 Å². The molecule has 0 bridgehead atoms. The molecule has 1 aliphatic heterocycles. The normalized spacial score (nSPS) is 26.4. The molecule has 0 aromatic heterocycles. The van der Waals surface area contributed by atoms with Crippen molar-refractivity contribution in [1.82, 2.24) is 4.90 Å². The third kappa shape index (κ3) is 3.01. The SMILES string of the molecule is C[C@H]1CC(CN)(Nc2cccc(F)c2)CCN1C(=O)O. The first kappa shape index (κ1) is 14.6. The number of amides is 1. The van der Waals surface area contributed by atoms with E-state index in [-0.39, 0.29) is 17.4 Å². The minimum absolute atomic E-state index is 0.120. The Morgan fingerprint density at radius 3 is 2.95 bits per heavy atom. The van der Waals surface area contributed by atoms with Crippen molar-refractivity contribution < 1.29 is 14.3 Å². The van der Waals surface area contributed by atoms with Crippen molar-refractivity contribution in [2.45, 2.75) is 31.3 Å². The number of carbonyl (C=O) groups is 1. The summed E-state index contributed by atoms with van der Waals surface area (Å²) in [6, 6.07) is 6.11. The van der Waals surface area contributed by atoms with E-state index < -0.39 is 6.09 Å². The lowest BCUT2D eigenvalue weighted by molar-refractivity contribution is 0.0936. The summed E-state index contributed by atoms with van der Waals surface area (Å²) in [6.45, 7) is 2.67. The molecule has 0 aliphatic carbocycles. The van der Waals surface area contributed by atoms with Crippen molar-refractivity contribution in [3.63, 3.8) is 0 Å². The van der Waals surface area contributed by atoms with Crippen LogP contribution in [0.5, 0.6) is 0 Å². The third-order valence-electron chi connectivity index (χ3n) is 3.92. The van der Waals surface area contributed by atoms with Gasteiger partial charge >= 0.3 is 6.09 Å². The van der Waals surface area contributed by atoms with Gasteiger partial charge in [-0.1, -0.05) is 6.07 Å². The summed E-state index contributed by atoms with van der Waals surface area (Å²) in [5.41, 5.74) is 6.17. The van der Waals surface area contributed by atoms with Gasteiger partial charge in [0.2, 0.25) is 0 Å². The van der Waals surface area contributed by atoms with Crippen molar-refractivity contribution in [2.24, 2.45) is 5.73 Å². The quantitative estimate of drug-likeness (QED) is 0.792. The second kappa shape index (κ2) is 5.66. The number of nitrogens with two attached hydrogens (primary N) is 1. The number of hydrogen-bond donors (Lipinski definition) is 3. The lowest BCUT2D eigenvalue weighted by Gasteiger charge is -2.45. The summed E-state index contributed by atoms with van der Waals surface area (Å²) in [5, 5.41) is 12.4. The molecule has 1 saturated heterocycles. The van der Waals surface area contributed by atoms with Gasteiger partial charge in [-0.25, -0.2) is 9.18 Å². The molecule has 1 aromatic carbocycles. The fourth-order valence-corrected chi connectivity index (χ4v) is 2.84. The van der Waals surface area contributed by atoms with Crippen LogP contribution in [0.15, 0.2) is 24.3 Å². The monoisotopic (exact) mass is 281 g/mol. The molecule has 2 atom stereocenters. The maximum Gasteiger partial charge on any atom is 0.407 e. The van der Waals surface area contributed by atoms with Gasteiger partial charge in [0.05, 0.1) is 5.54 Å². The molecule has 6 heteroatoms. The molecule has 1 unspecified atom stereocenters. The van der Waals surface area contributed by atoms with E-state index in [9.17, 15) is 9.18 Å². The van der Waals surface area contributed by atoms with Crippen LogP contribution in [0.4, 0.5) is 14.9 Å². The molecule has 1 amide bonds. The Bertz CT molecular complexity index is 497. The zero-order valence-corrected chi connectivity index (χ0v) is 11.5. The maximum absolute atomic E-state index is 13.2. The van der Waals surface area contributed by atoms with Crippen LogP contribution in [0, 0.1) is 5.82 Å². The topological polar surface area (TPSA) is 78.6 Å². The summed E-state index contributed by atoms with van der Waals surface area (Å²) in [4.78, 5) is 12.5. The Labute approximate surface area is 117 Å². The first-order valence-electron chi connectivity index (χ1n) is 6.69. The predicted molar refractivity (Wildman–Crippen MR) is 75.2 cm³/mol. The molecule has 4 N–H and O–H groups in total. The number of halogens is 1. The molecule has 110 valence electrons. The molecular formula is C14H20FN3O2. The maximum atomic E-state index is 13.2. The van der Waals surface area contributed by atoms with Gasteiger partial charge in [0, 0.05) is 24.8 Å². The summed E-state index contributed by atoms with van der Waals surface area (Å²) < 4.78 is 13.2. The summed E-state index contributed by atoms with van der Waals surface area (Å²) in [5.74, 6) is -0.307. The van der Waals surface area contributed by atoms with E-state index in [0.717, 1.165) is 0 Å². The van der Waals surface area contributed by atoms with Gasteiger partial charge in [0.15, 0.2) is 0 Å². The zero-order chi connectivity index (χ0) is 14.8. The van der Waals surface area contributed by atoms with Crippen LogP contribution in [0.3, 0.4) is 0 Å². The fourth-order valence-electron chi connectivity index (χ4n) is 2.84. The molecule has 0 spiro atoms. The number of carboxylic acid groups (broad SMARTS) is 1. The molecule has 1 fully saturated rings. The van der Waals surface area contributed by atoms with Gasteiger partial charge in [0.1, 0.15) is 5.82 Å². The lowest BCUT2D eigenvalue weighted by Crippen LogP contribution is -2.57. The van der Waals surface area contributed by atoms with Crippen LogP contribution in [-0.2, 0) is 0 Å². The molecule has 1 heterocycles. The van der Waals surface area contributed by atoms with Crippen LogP contribution in [0.2, 0.25) is 0 Å². The molecule has 5 nitrogen and oxygen atoms in total. The van der Waals surface area contributed by atoms with Crippen LogP contribution in [0.25, 0.3) is 0 Å². The summed E-state index contributed by atoms with van der Waals surface area (Å²) in [6.07, 6.45) is 0.303. The molecule has 0 saturated carbocycles. The first-order chi connectivity index (χ1) is 9.46. The van der Waals surface area contributed by atoms with Crippen molar-refractivity contribution in [3.8, 4) is 0 Å². The highest BCUT2D eigenvalue weighted by Crippen LogP contribution is 2.30. The number of benzene rings is 1. The third-order valence-corrected chi connectivity index (χ3v) is 3.92. The van der Waals surface area contributed by atoms with E-state index in [1.165, 1.54) is 17.0 Å². The van der Waals surface area contributed by atoms with Gasteiger partial charge in [-0.05, 0) is 38.0 Å². The highest BCUT2D eigenvalue weighted by Gasteiger charge is 2.38. The average Bonchev–Trinajstić information content (AvgIpc) is 2.38. The second-order valence-electron chi connectivity index (χ2n) is 5.40. The highest BCUT2D eigenvalue weighted by atomic mass is 19.1. The Morgan fingerprint density at radius 2 is 2.40 bits per heavy atom. The molecular weight excluding hydrogens is 261 g/mol. The minimum atomic E-state index is -0.908. The number of nitrogens with one attached hydrogen (secondary N) is 1. The average molecular weight is 281 g/mol. The predicted octanol–water partition coefficient (Wildman–Crippen LogP) is 2.10. The summed E-state index contributed by atoms with van der Waals surface area (Å²) >= 11 is 0. The summed E-state index contributed by atoms with van der Waals surface area (Å²) in [7, 11) is 0. The molecule has 1 aliphatic rings. The number of piperidine rings is 1.